The minimum absolute atomic E-state index is 0.224. The molecule has 0 unspecified atom stereocenters. The third-order valence-corrected chi connectivity index (χ3v) is 3.22. The average molecular weight is 397 g/mol. The van der Waals surface area contributed by atoms with E-state index >= 15 is 0 Å². The predicted octanol–water partition coefficient (Wildman–Crippen LogP) is 5.42. The molecule has 0 aliphatic heterocycles. The van der Waals surface area contributed by atoms with E-state index in [4.69, 9.17) is 4.74 Å². The smallest absolute Gasteiger partial charge is 0.416 e. The molecule has 100 valence electrons. The normalized spacial score (nSPS) is 11.4. The fraction of sp³-hybridized carbons (Fsp3) is 0.0833. The van der Waals surface area contributed by atoms with Crippen LogP contribution >= 0.6 is 31.9 Å². The number of benzene rings is 1. The third kappa shape index (κ3) is 3.70. The topological polar surface area (TPSA) is 22.1 Å². The van der Waals surface area contributed by atoms with E-state index in [1.165, 1.54) is 12.3 Å². The number of hydrogen-bond acceptors (Lipinski definition) is 2. The highest BCUT2D eigenvalue weighted by molar-refractivity contribution is 9.10. The molecule has 0 atom stereocenters. The molecule has 2 rings (SSSR count). The molecule has 1 aromatic heterocycles. The van der Waals surface area contributed by atoms with Crippen LogP contribution in [0.25, 0.3) is 0 Å². The molecule has 1 aromatic carbocycles. The van der Waals surface area contributed by atoms with Gasteiger partial charge in [-0.05, 0) is 56.1 Å². The van der Waals surface area contributed by atoms with Gasteiger partial charge in [0.25, 0.3) is 0 Å². The fourth-order valence-corrected chi connectivity index (χ4v) is 2.14. The molecule has 7 heteroatoms. The maximum absolute atomic E-state index is 12.5. The number of rotatable bonds is 2. The van der Waals surface area contributed by atoms with Crippen molar-refractivity contribution in [3.63, 3.8) is 0 Å². The molecule has 0 radical (unpaired) electrons. The molecule has 0 N–H and O–H groups in total. The second kappa shape index (κ2) is 5.50. The quantitative estimate of drug-likeness (QED) is 0.676. The van der Waals surface area contributed by atoms with Gasteiger partial charge in [0.15, 0.2) is 0 Å². The summed E-state index contributed by atoms with van der Waals surface area (Å²) in [6.45, 7) is 0. The van der Waals surface area contributed by atoms with Crippen LogP contribution in [0.3, 0.4) is 0 Å². The summed E-state index contributed by atoms with van der Waals surface area (Å²) in [5.41, 5.74) is -0.737. The minimum atomic E-state index is -4.38. The van der Waals surface area contributed by atoms with E-state index in [0.29, 0.717) is 10.2 Å². The van der Waals surface area contributed by atoms with Crippen LogP contribution in [-0.2, 0) is 6.18 Å². The zero-order valence-electron chi connectivity index (χ0n) is 9.21. The molecule has 2 aromatic rings. The first-order valence-electron chi connectivity index (χ1n) is 5.01. The van der Waals surface area contributed by atoms with Crippen LogP contribution in [-0.4, -0.2) is 4.98 Å². The first-order chi connectivity index (χ1) is 8.86. The Hall–Kier alpha value is -1.08. The van der Waals surface area contributed by atoms with E-state index in [0.717, 1.165) is 12.1 Å². The molecule has 2 nitrogen and oxygen atoms in total. The van der Waals surface area contributed by atoms with Crippen LogP contribution in [0, 0.1) is 0 Å². The summed E-state index contributed by atoms with van der Waals surface area (Å²) in [4.78, 5) is 3.90. The number of alkyl halides is 3. The Bertz CT molecular complexity index is 602. The van der Waals surface area contributed by atoms with Crippen molar-refractivity contribution in [2.45, 2.75) is 6.18 Å². The zero-order chi connectivity index (χ0) is 14.0. The van der Waals surface area contributed by atoms with Gasteiger partial charge in [-0.25, -0.2) is 0 Å². The van der Waals surface area contributed by atoms with Crippen molar-refractivity contribution in [3.8, 4) is 11.5 Å². The van der Waals surface area contributed by atoms with Gasteiger partial charge in [-0.15, -0.1) is 0 Å². The van der Waals surface area contributed by atoms with Crippen molar-refractivity contribution in [2.24, 2.45) is 0 Å². The Morgan fingerprint density at radius 3 is 2.37 bits per heavy atom. The lowest BCUT2D eigenvalue weighted by Crippen LogP contribution is -2.04. The standard InChI is InChI=1S/C12H6Br2F3NO/c13-8-4-9(6-18-5-8)19-11-2-1-7(3-10(11)14)12(15,16)17/h1-6H. The third-order valence-electron chi connectivity index (χ3n) is 2.17. The van der Waals surface area contributed by atoms with E-state index in [-0.39, 0.29) is 10.2 Å². The number of ether oxygens (including phenoxy) is 1. The first-order valence-corrected chi connectivity index (χ1v) is 6.60. The second-order valence-electron chi connectivity index (χ2n) is 3.58. The van der Waals surface area contributed by atoms with Crippen molar-refractivity contribution >= 4 is 31.9 Å². The van der Waals surface area contributed by atoms with Crippen LogP contribution in [0.5, 0.6) is 11.5 Å². The number of pyridine rings is 1. The van der Waals surface area contributed by atoms with Crippen molar-refractivity contribution < 1.29 is 17.9 Å². The van der Waals surface area contributed by atoms with Gasteiger partial charge in [0.1, 0.15) is 11.5 Å². The van der Waals surface area contributed by atoms with Gasteiger partial charge in [-0.3, -0.25) is 4.98 Å². The zero-order valence-corrected chi connectivity index (χ0v) is 12.4. The van der Waals surface area contributed by atoms with Gasteiger partial charge in [0.05, 0.1) is 16.2 Å². The predicted molar refractivity (Wildman–Crippen MR) is 71.2 cm³/mol. The van der Waals surface area contributed by atoms with Gasteiger partial charge < -0.3 is 4.74 Å². The molecule has 0 saturated carbocycles. The van der Waals surface area contributed by atoms with Crippen LogP contribution in [0.1, 0.15) is 5.56 Å². The molecule has 0 spiro atoms. The second-order valence-corrected chi connectivity index (χ2v) is 5.35. The maximum Gasteiger partial charge on any atom is 0.416 e. The monoisotopic (exact) mass is 395 g/mol. The SMILES string of the molecule is FC(F)(F)c1ccc(Oc2cncc(Br)c2)c(Br)c1. The first kappa shape index (κ1) is 14.3. The van der Waals surface area contributed by atoms with Crippen molar-refractivity contribution in [2.75, 3.05) is 0 Å². The van der Waals surface area contributed by atoms with E-state index in [1.807, 2.05) is 0 Å². The Morgan fingerprint density at radius 2 is 1.79 bits per heavy atom. The van der Waals surface area contributed by atoms with Gasteiger partial charge in [0, 0.05) is 10.7 Å². The number of hydrogen-bond donors (Lipinski definition) is 0. The highest BCUT2D eigenvalue weighted by Gasteiger charge is 2.31. The molecule has 0 fully saturated rings. The Balaban J connectivity index is 2.27. The van der Waals surface area contributed by atoms with Crippen molar-refractivity contribution in [1.29, 1.82) is 0 Å². The summed E-state index contributed by atoms with van der Waals surface area (Å²) in [7, 11) is 0. The molecular formula is C12H6Br2F3NO. The highest BCUT2D eigenvalue weighted by atomic mass is 79.9. The van der Waals surface area contributed by atoms with Crippen LogP contribution < -0.4 is 4.74 Å². The van der Waals surface area contributed by atoms with Crippen LogP contribution in [0.2, 0.25) is 0 Å². The van der Waals surface area contributed by atoms with E-state index < -0.39 is 11.7 Å². The highest BCUT2D eigenvalue weighted by Crippen LogP contribution is 2.36. The summed E-state index contributed by atoms with van der Waals surface area (Å²) in [6.07, 6.45) is -1.33. The van der Waals surface area contributed by atoms with Crippen LogP contribution in [0.15, 0.2) is 45.6 Å². The summed E-state index contributed by atoms with van der Waals surface area (Å²) in [5, 5.41) is 0. The Labute approximate surface area is 123 Å². The average Bonchev–Trinajstić information content (AvgIpc) is 2.30. The largest absolute Gasteiger partial charge is 0.455 e. The van der Waals surface area contributed by atoms with E-state index in [9.17, 15) is 13.2 Å². The number of nitrogens with zero attached hydrogens (tertiary/aromatic N) is 1. The molecule has 1 heterocycles. The summed E-state index contributed by atoms with van der Waals surface area (Å²) < 4.78 is 43.9. The Morgan fingerprint density at radius 1 is 1.05 bits per heavy atom. The number of aromatic nitrogens is 1. The molecular weight excluding hydrogens is 391 g/mol. The number of halogens is 5. The Kier molecular flexibility index (Phi) is 4.15. The minimum Gasteiger partial charge on any atom is -0.455 e. The molecule has 0 bridgehead atoms. The summed E-state index contributed by atoms with van der Waals surface area (Å²) in [5.74, 6) is 0.711. The van der Waals surface area contributed by atoms with Gasteiger partial charge in [-0.1, -0.05) is 0 Å². The van der Waals surface area contributed by atoms with E-state index in [1.54, 1.807) is 12.3 Å². The van der Waals surface area contributed by atoms with Gasteiger partial charge in [-0.2, -0.15) is 13.2 Å². The molecule has 0 amide bonds. The maximum atomic E-state index is 12.5. The molecule has 0 aliphatic carbocycles. The lowest BCUT2D eigenvalue weighted by Gasteiger charge is -2.11. The summed E-state index contributed by atoms with van der Waals surface area (Å²) >= 11 is 6.29. The summed E-state index contributed by atoms with van der Waals surface area (Å²) in [6, 6.07) is 4.86. The van der Waals surface area contributed by atoms with E-state index in [2.05, 4.69) is 36.8 Å². The molecule has 19 heavy (non-hydrogen) atoms. The molecule has 0 aliphatic rings. The van der Waals surface area contributed by atoms with Crippen molar-refractivity contribution in [3.05, 3.63) is 51.2 Å². The van der Waals surface area contributed by atoms with Crippen LogP contribution in [0.4, 0.5) is 13.2 Å². The van der Waals surface area contributed by atoms with Crippen molar-refractivity contribution in [1.82, 2.24) is 4.98 Å². The van der Waals surface area contributed by atoms with Gasteiger partial charge >= 0.3 is 6.18 Å². The lowest BCUT2D eigenvalue weighted by atomic mass is 10.2. The fourth-order valence-electron chi connectivity index (χ4n) is 1.34. The lowest BCUT2D eigenvalue weighted by molar-refractivity contribution is -0.137. The van der Waals surface area contributed by atoms with Gasteiger partial charge in [0.2, 0.25) is 0 Å². The molecule has 0 saturated heterocycles.